The molecule has 1 saturated heterocycles. The fourth-order valence-corrected chi connectivity index (χ4v) is 5.18. The molecule has 0 spiro atoms. The number of amides is 1. The molecule has 2 aromatic carbocycles. The Bertz CT molecular complexity index is 1040. The molecule has 8 nitrogen and oxygen atoms in total. The predicted octanol–water partition coefficient (Wildman–Crippen LogP) is 3.37. The number of carbonyl (C=O) groups excluding carboxylic acids is 2. The third-order valence-corrected chi connectivity index (χ3v) is 7.36. The van der Waals surface area contributed by atoms with Crippen LogP contribution >= 0.6 is 0 Å². The van der Waals surface area contributed by atoms with Crippen molar-refractivity contribution in [3.8, 4) is 5.75 Å². The van der Waals surface area contributed by atoms with Crippen LogP contribution in [0, 0.1) is 0 Å². The average Bonchev–Trinajstić information content (AvgIpc) is 3.12. The van der Waals surface area contributed by atoms with Gasteiger partial charge < -0.3 is 14.8 Å². The summed E-state index contributed by atoms with van der Waals surface area (Å²) >= 11 is 0. The molecule has 178 valence electrons. The third kappa shape index (κ3) is 7.30. The van der Waals surface area contributed by atoms with Crippen LogP contribution in [0.3, 0.4) is 0 Å². The molecule has 0 unspecified atom stereocenters. The van der Waals surface area contributed by atoms with Crippen LogP contribution in [0.2, 0.25) is 0 Å². The van der Waals surface area contributed by atoms with Crippen molar-refractivity contribution in [3.05, 3.63) is 54.1 Å². The monoisotopic (exact) mass is 474 g/mol. The standard InChI is InChI=1S/C24H30N2O6S/c1-31-21-12-9-19(10-13-21)11-14-24(28)32-18-23(27)25-20-7-6-8-22(17-20)33(29,30)26-15-4-2-3-5-16-26/h6-10,12-13,17H,2-5,11,14-16,18H2,1H3,(H,25,27). The lowest BCUT2D eigenvalue weighted by molar-refractivity contribution is -0.147. The van der Waals surface area contributed by atoms with Crippen molar-refractivity contribution >= 4 is 27.6 Å². The number of methoxy groups -OCH3 is 1. The minimum atomic E-state index is -3.62. The molecule has 1 fully saturated rings. The zero-order valence-corrected chi connectivity index (χ0v) is 19.6. The van der Waals surface area contributed by atoms with E-state index in [1.807, 2.05) is 24.3 Å². The molecule has 1 N–H and O–H groups in total. The lowest BCUT2D eigenvalue weighted by Gasteiger charge is -2.20. The number of benzene rings is 2. The number of sulfonamides is 1. The van der Waals surface area contributed by atoms with Crippen LogP contribution in [0.15, 0.2) is 53.4 Å². The number of anilines is 1. The number of nitrogens with zero attached hydrogens (tertiary/aromatic N) is 1. The van der Waals surface area contributed by atoms with E-state index in [-0.39, 0.29) is 11.3 Å². The Morgan fingerprint density at radius 2 is 1.70 bits per heavy atom. The largest absolute Gasteiger partial charge is 0.497 e. The topological polar surface area (TPSA) is 102 Å². The van der Waals surface area contributed by atoms with E-state index in [4.69, 9.17) is 9.47 Å². The first-order chi connectivity index (χ1) is 15.9. The predicted molar refractivity (Wildman–Crippen MR) is 125 cm³/mol. The number of esters is 1. The van der Waals surface area contributed by atoms with Crippen LogP contribution in [0.25, 0.3) is 0 Å². The van der Waals surface area contributed by atoms with Crippen LogP contribution in [-0.2, 0) is 30.8 Å². The molecule has 1 aliphatic heterocycles. The molecular weight excluding hydrogens is 444 g/mol. The average molecular weight is 475 g/mol. The summed E-state index contributed by atoms with van der Waals surface area (Å²) in [7, 11) is -2.03. The van der Waals surface area contributed by atoms with E-state index in [9.17, 15) is 18.0 Å². The van der Waals surface area contributed by atoms with E-state index < -0.39 is 28.5 Å². The van der Waals surface area contributed by atoms with Gasteiger partial charge in [-0.15, -0.1) is 0 Å². The Morgan fingerprint density at radius 1 is 1.00 bits per heavy atom. The Hall–Kier alpha value is -2.91. The second kappa shape index (κ2) is 11.8. The summed E-state index contributed by atoms with van der Waals surface area (Å²) in [6.07, 6.45) is 4.38. The minimum Gasteiger partial charge on any atom is -0.497 e. The molecule has 0 bridgehead atoms. The maximum absolute atomic E-state index is 13.0. The van der Waals surface area contributed by atoms with Gasteiger partial charge in [-0.2, -0.15) is 4.31 Å². The molecular formula is C24H30N2O6S. The maximum atomic E-state index is 13.0. The van der Waals surface area contributed by atoms with Gasteiger partial charge in [0.25, 0.3) is 5.91 Å². The van der Waals surface area contributed by atoms with E-state index in [2.05, 4.69) is 5.32 Å². The highest BCUT2D eigenvalue weighted by Crippen LogP contribution is 2.22. The summed E-state index contributed by atoms with van der Waals surface area (Å²) in [6, 6.07) is 13.5. The van der Waals surface area contributed by atoms with Crippen LogP contribution in [0.5, 0.6) is 5.75 Å². The van der Waals surface area contributed by atoms with Crippen LogP contribution in [0.1, 0.15) is 37.7 Å². The van der Waals surface area contributed by atoms with Gasteiger partial charge in [0.05, 0.1) is 12.0 Å². The van der Waals surface area contributed by atoms with Gasteiger partial charge in [0.15, 0.2) is 6.61 Å². The first kappa shape index (κ1) is 24.7. The van der Waals surface area contributed by atoms with Gasteiger partial charge in [0, 0.05) is 25.2 Å². The zero-order valence-electron chi connectivity index (χ0n) is 18.8. The summed E-state index contributed by atoms with van der Waals surface area (Å²) in [5, 5.41) is 2.60. The van der Waals surface area contributed by atoms with Crippen molar-refractivity contribution in [1.29, 1.82) is 0 Å². The third-order valence-electron chi connectivity index (χ3n) is 5.46. The summed E-state index contributed by atoms with van der Waals surface area (Å²) in [5.41, 5.74) is 1.30. The quantitative estimate of drug-likeness (QED) is 0.559. The molecule has 0 atom stereocenters. The highest BCUT2D eigenvalue weighted by molar-refractivity contribution is 7.89. The maximum Gasteiger partial charge on any atom is 0.306 e. The van der Waals surface area contributed by atoms with E-state index >= 15 is 0 Å². The molecule has 33 heavy (non-hydrogen) atoms. The zero-order chi connectivity index (χ0) is 23.7. The Balaban J connectivity index is 1.49. The molecule has 1 aliphatic rings. The summed E-state index contributed by atoms with van der Waals surface area (Å²) < 4.78 is 37.6. The van der Waals surface area contributed by atoms with Crippen molar-refractivity contribution in [2.45, 2.75) is 43.4 Å². The SMILES string of the molecule is COc1ccc(CCC(=O)OCC(=O)Nc2cccc(S(=O)(=O)N3CCCCCC3)c2)cc1. The second-order valence-corrected chi connectivity index (χ2v) is 9.84. The van der Waals surface area contributed by atoms with Crippen molar-refractivity contribution in [2.75, 3.05) is 32.1 Å². The fourth-order valence-electron chi connectivity index (χ4n) is 3.62. The lowest BCUT2D eigenvalue weighted by atomic mass is 10.1. The molecule has 1 amide bonds. The summed E-state index contributed by atoms with van der Waals surface area (Å²) in [5.74, 6) is -0.281. The normalized spacial score (nSPS) is 14.8. The number of ether oxygens (including phenoxy) is 2. The second-order valence-electron chi connectivity index (χ2n) is 7.90. The lowest BCUT2D eigenvalue weighted by Crippen LogP contribution is -2.32. The van der Waals surface area contributed by atoms with Crippen molar-refractivity contribution in [3.63, 3.8) is 0 Å². The number of nitrogens with one attached hydrogen (secondary N) is 1. The summed E-state index contributed by atoms with van der Waals surface area (Å²) in [4.78, 5) is 24.3. The van der Waals surface area contributed by atoms with E-state index in [0.29, 0.717) is 25.2 Å². The van der Waals surface area contributed by atoms with Gasteiger partial charge >= 0.3 is 5.97 Å². The van der Waals surface area contributed by atoms with Gasteiger partial charge in [-0.3, -0.25) is 9.59 Å². The number of hydrogen-bond donors (Lipinski definition) is 1. The van der Waals surface area contributed by atoms with Crippen molar-refractivity contribution in [2.24, 2.45) is 0 Å². The Kier molecular flexibility index (Phi) is 8.85. The van der Waals surface area contributed by atoms with Gasteiger partial charge in [-0.25, -0.2) is 8.42 Å². The van der Waals surface area contributed by atoms with Gasteiger partial charge in [-0.1, -0.05) is 31.0 Å². The first-order valence-electron chi connectivity index (χ1n) is 11.1. The van der Waals surface area contributed by atoms with Crippen LogP contribution in [-0.4, -0.2) is 51.4 Å². The van der Waals surface area contributed by atoms with Gasteiger partial charge in [0.2, 0.25) is 10.0 Å². The van der Waals surface area contributed by atoms with Crippen LogP contribution < -0.4 is 10.1 Å². The number of aryl methyl sites for hydroxylation is 1. The Morgan fingerprint density at radius 3 is 2.36 bits per heavy atom. The molecule has 9 heteroatoms. The number of rotatable bonds is 9. The number of hydrogen-bond acceptors (Lipinski definition) is 6. The number of carbonyl (C=O) groups is 2. The fraction of sp³-hybridized carbons (Fsp3) is 0.417. The minimum absolute atomic E-state index is 0.138. The van der Waals surface area contributed by atoms with Gasteiger partial charge in [0.1, 0.15) is 5.75 Å². The highest BCUT2D eigenvalue weighted by atomic mass is 32.2. The molecule has 0 radical (unpaired) electrons. The Labute approximate surface area is 194 Å². The van der Waals surface area contributed by atoms with E-state index in [1.165, 1.54) is 16.4 Å². The molecule has 0 saturated carbocycles. The molecule has 0 aliphatic carbocycles. The molecule has 0 aromatic heterocycles. The van der Waals surface area contributed by atoms with Crippen molar-refractivity contribution < 1.29 is 27.5 Å². The molecule has 2 aromatic rings. The van der Waals surface area contributed by atoms with E-state index in [1.54, 1.807) is 19.2 Å². The van der Waals surface area contributed by atoms with E-state index in [0.717, 1.165) is 37.0 Å². The van der Waals surface area contributed by atoms with Gasteiger partial charge in [-0.05, 0) is 55.2 Å². The van der Waals surface area contributed by atoms with Crippen LogP contribution in [0.4, 0.5) is 5.69 Å². The molecule has 3 rings (SSSR count). The van der Waals surface area contributed by atoms with Crippen molar-refractivity contribution in [1.82, 2.24) is 4.31 Å². The highest BCUT2D eigenvalue weighted by Gasteiger charge is 2.25. The first-order valence-corrected chi connectivity index (χ1v) is 12.5. The molecule has 1 heterocycles. The summed E-state index contributed by atoms with van der Waals surface area (Å²) in [6.45, 7) is 0.571. The smallest absolute Gasteiger partial charge is 0.306 e.